The van der Waals surface area contributed by atoms with Gasteiger partial charge < -0.3 is 14.8 Å². The summed E-state index contributed by atoms with van der Waals surface area (Å²) in [6.45, 7) is 1.86. The van der Waals surface area contributed by atoms with Gasteiger partial charge in [0.1, 0.15) is 12.4 Å². The maximum Gasteiger partial charge on any atom is 0.363 e. The normalized spacial score (nSPS) is 14.2. The molecule has 3 aromatic rings. The molecule has 0 aliphatic carbocycles. The van der Waals surface area contributed by atoms with Crippen molar-refractivity contribution in [2.24, 2.45) is 4.99 Å². The average molecular weight is 412 g/mol. The van der Waals surface area contributed by atoms with Gasteiger partial charge >= 0.3 is 5.97 Å². The maximum absolute atomic E-state index is 12.4. The van der Waals surface area contributed by atoms with Gasteiger partial charge in [0, 0.05) is 23.7 Å². The van der Waals surface area contributed by atoms with Gasteiger partial charge in [-0.3, -0.25) is 4.79 Å². The molecule has 154 valence electrons. The van der Waals surface area contributed by atoms with Crippen LogP contribution in [0, 0.1) is 0 Å². The largest absolute Gasteiger partial charge is 0.488 e. The van der Waals surface area contributed by atoms with Crippen molar-refractivity contribution in [3.8, 4) is 5.75 Å². The lowest BCUT2D eigenvalue weighted by Gasteiger charge is -2.09. The Bertz CT molecular complexity index is 1170. The monoisotopic (exact) mass is 412 g/mol. The van der Waals surface area contributed by atoms with Crippen molar-refractivity contribution in [3.63, 3.8) is 0 Å². The SMILES string of the molecule is CC(=O)Nc1ccc(C2=N/C(=C/c3ccccc3OCc3ccccc3)C(=O)O2)cc1. The number of ether oxygens (including phenoxy) is 2. The molecule has 3 aromatic carbocycles. The fourth-order valence-corrected chi connectivity index (χ4v) is 3.05. The van der Waals surface area contributed by atoms with Crippen LogP contribution in [0.25, 0.3) is 6.08 Å². The Morgan fingerprint density at radius 2 is 1.71 bits per heavy atom. The van der Waals surface area contributed by atoms with E-state index in [1.54, 1.807) is 30.3 Å². The lowest BCUT2D eigenvalue weighted by atomic mass is 10.1. The summed E-state index contributed by atoms with van der Waals surface area (Å²) in [5, 5.41) is 2.69. The van der Waals surface area contributed by atoms with Gasteiger partial charge in [-0.15, -0.1) is 0 Å². The highest BCUT2D eigenvalue weighted by molar-refractivity contribution is 6.13. The number of hydrogen-bond acceptors (Lipinski definition) is 5. The van der Waals surface area contributed by atoms with E-state index in [1.165, 1.54) is 6.92 Å². The minimum Gasteiger partial charge on any atom is -0.488 e. The lowest BCUT2D eigenvalue weighted by molar-refractivity contribution is -0.129. The molecule has 0 spiro atoms. The number of benzene rings is 3. The number of esters is 1. The average Bonchev–Trinajstić information content (AvgIpc) is 3.14. The van der Waals surface area contributed by atoms with E-state index in [4.69, 9.17) is 9.47 Å². The minimum absolute atomic E-state index is 0.157. The van der Waals surface area contributed by atoms with Gasteiger partial charge in [0.05, 0.1) is 0 Å². The van der Waals surface area contributed by atoms with Crippen molar-refractivity contribution in [2.75, 3.05) is 5.32 Å². The van der Waals surface area contributed by atoms with E-state index in [1.807, 2.05) is 54.6 Å². The number of nitrogens with one attached hydrogen (secondary N) is 1. The van der Waals surface area contributed by atoms with Crippen molar-refractivity contribution in [3.05, 3.63) is 101 Å². The van der Waals surface area contributed by atoms with E-state index in [9.17, 15) is 9.59 Å². The van der Waals surface area contributed by atoms with Gasteiger partial charge in [0.15, 0.2) is 5.70 Å². The Morgan fingerprint density at radius 3 is 2.45 bits per heavy atom. The number of nitrogens with zero attached hydrogens (tertiary/aromatic N) is 1. The molecule has 0 radical (unpaired) electrons. The van der Waals surface area contributed by atoms with Crippen LogP contribution in [0.1, 0.15) is 23.6 Å². The smallest absolute Gasteiger partial charge is 0.363 e. The Morgan fingerprint density at radius 1 is 1.00 bits per heavy atom. The van der Waals surface area contributed by atoms with Crippen molar-refractivity contribution in [1.82, 2.24) is 0 Å². The maximum atomic E-state index is 12.4. The molecular weight excluding hydrogens is 392 g/mol. The third kappa shape index (κ3) is 5.05. The van der Waals surface area contributed by atoms with Gasteiger partial charge in [-0.1, -0.05) is 48.5 Å². The molecule has 4 rings (SSSR count). The number of cyclic esters (lactones) is 1. The van der Waals surface area contributed by atoms with E-state index >= 15 is 0 Å². The van der Waals surface area contributed by atoms with Gasteiger partial charge in [0.2, 0.25) is 11.8 Å². The molecule has 1 aliphatic rings. The second-order valence-electron chi connectivity index (χ2n) is 6.91. The summed E-state index contributed by atoms with van der Waals surface area (Å²) >= 11 is 0. The molecule has 0 unspecified atom stereocenters. The van der Waals surface area contributed by atoms with Gasteiger partial charge in [-0.2, -0.15) is 0 Å². The molecule has 1 heterocycles. The summed E-state index contributed by atoms with van der Waals surface area (Å²) in [7, 11) is 0. The van der Waals surface area contributed by atoms with Crippen LogP contribution in [0.15, 0.2) is 89.6 Å². The lowest BCUT2D eigenvalue weighted by Crippen LogP contribution is -2.07. The highest BCUT2D eigenvalue weighted by Crippen LogP contribution is 2.25. The van der Waals surface area contributed by atoms with Gasteiger partial charge in [0.25, 0.3) is 0 Å². The molecule has 0 atom stereocenters. The van der Waals surface area contributed by atoms with E-state index < -0.39 is 5.97 Å². The summed E-state index contributed by atoms with van der Waals surface area (Å²) in [5.41, 5.74) is 3.27. The van der Waals surface area contributed by atoms with E-state index in [2.05, 4.69) is 10.3 Å². The van der Waals surface area contributed by atoms with Crippen LogP contribution in [-0.2, 0) is 20.9 Å². The van der Waals surface area contributed by atoms with Crippen LogP contribution in [-0.4, -0.2) is 17.8 Å². The van der Waals surface area contributed by atoms with Crippen molar-refractivity contribution in [1.29, 1.82) is 0 Å². The molecular formula is C25H20N2O4. The topological polar surface area (TPSA) is 77.0 Å². The number of amides is 1. The first-order valence-electron chi connectivity index (χ1n) is 9.75. The zero-order valence-electron chi connectivity index (χ0n) is 16.9. The van der Waals surface area contributed by atoms with Crippen LogP contribution >= 0.6 is 0 Å². The molecule has 6 nitrogen and oxygen atoms in total. The number of anilines is 1. The second kappa shape index (κ2) is 9.09. The third-order valence-electron chi connectivity index (χ3n) is 4.52. The molecule has 0 fully saturated rings. The summed E-state index contributed by atoms with van der Waals surface area (Å²) in [4.78, 5) is 27.9. The summed E-state index contributed by atoms with van der Waals surface area (Å²) in [5.74, 6) is 0.179. The first-order valence-corrected chi connectivity index (χ1v) is 9.75. The van der Waals surface area contributed by atoms with Crippen LogP contribution in [0.4, 0.5) is 5.69 Å². The summed E-state index contributed by atoms with van der Waals surface area (Å²) in [6.07, 6.45) is 1.65. The van der Waals surface area contributed by atoms with Crippen molar-refractivity contribution >= 4 is 29.5 Å². The minimum atomic E-state index is -0.529. The fraction of sp³-hybridized carbons (Fsp3) is 0.0800. The summed E-state index contributed by atoms with van der Waals surface area (Å²) in [6, 6.07) is 24.2. The second-order valence-corrected chi connectivity index (χ2v) is 6.91. The zero-order valence-corrected chi connectivity index (χ0v) is 16.9. The Kier molecular flexibility index (Phi) is 5.89. The van der Waals surface area contributed by atoms with Crippen molar-refractivity contribution in [2.45, 2.75) is 13.5 Å². The van der Waals surface area contributed by atoms with E-state index in [0.29, 0.717) is 23.6 Å². The van der Waals surface area contributed by atoms with Gasteiger partial charge in [-0.25, -0.2) is 9.79 Å². The quantitative estimate of drug-likeness (QED) is 0.475. The predicted octanol–water partition coefficient (Wildman–Crippen LogP) is 4.57. The molecule has 0 aromatic heterocycles. The van der Waals surface area contributed by atoms with Crippen LogP contribution in [0.2, 0.25) is 0 Å². The van der Waals surface area contributed by atoms with E-state index in [0.717, 1.165) is 11.1 Å². The number of aliphatic imine (C=N–C) groups is 1. The molecule has 1 amide bonds. The number of rotatable bonds is 6. The highest BCUT2D eigenvalue weighted by atomic mass is 16.6. The Hall–Kier alpha value is -4.19. The number of carbonyl (C=O) groups is 2. The molecule has 1 aliphatic heterocycles. The van der Waals surface area contributed by atoms with Crippen LogP contribution in [0.3, 0.4) is 0 Å². The Balaban J connectivity index is 1.54. The molecule has 0 saturated heterocycles. The molecule has 0 bridgehead atoms. The van der Waals surface area contributed by atoms with Crippen LogP contribution < -0.4 is 10.1 Å². The molecule has 6 heteroatoms. The number of carbonyl (C=O) groups excluding carboxylic acids is 2. The standard InChI is InChI=1S/C25H20N2O4/c1-17(28)26-21-13-11-19(12-14-21)24-27-22(25(29)31-24)15-20-9-5-6-10-23(20)30-16-18-7-3-2-4-8-18/h2-15H,16H2,1H3,(H,26,28)/b22-15+. The van der Waals surface area contributed by atoms with Gasteiger partial charge in [-0.05, 0) is 42.0 Å². The predicted molar refractivity (Wildman–Crippen MR) is 119 cm³/mol. The molecule has 31 heavy (non-hydrogen) atoms. The van der Waals surface area contributed by atoms with Crippen LogP contribution in [0.5, 0.6) is 5.75 Å². The third-order valence-corrected chi connectivity index (χ3v) is 4.52. The first kappa shape index (κ1) is 20.1. The first-order chi connectivity index (χ1) is 15.1. The van der Waals surface area contributed by atoms with E-state index in [-0.39, 0.29) is 17.5 Å². The molecule has 0 saturated carbocycles. The number of para-hydroxylation sites is 1. The zero-order chi connectivity index (χ0) is 21.6. The Labute approximate surface area is 179 Å². The summed E-state index contributed by atoms with van der Waals surface area (Å²) < 4.78 is 11.3. The molecule has 1 N–H and O–H groups in total. The van der Waals surface area contributed by atoms with Crippen molar-refractivity contribution < 1.29 is 19.1 Å². The number of hydrogen-bond donors (Lipinski definition) is 1. The fourth-order valence-electron chi connectivity index (χ4n) is 3.05. The highest BCUT2D eigenvalue weighted by Gasteiger charge is 2.24.